The van der Waals surface area contributed by atoms with Crippen molar-refractivity contribution in [3.63, 3.8) is 0 Å². The maximum absolute atomic E-state index is 5.29. The second kappa shape index (κ2) is 5.16. The molecule has 20 heavy (non-hydrogen) atoms. The van der Waals surface area contributed by atoms with Gasteiger partial charge in [-0.25, -0.2) is 0 Å². The van der Waals surface area contributed by atoms with E-state index >= 15 is 0 Å². The summed E-state index contributed by atoms with van der Waals surface area (Å²) in [7, 11) is 1.64. The van der Waals surface area contributed by atoms with E-state index in [0.29, 0.717) is 6.54 Å². The van der Waals surface area contributed by atoms with Gasteiger partial charge in [0.1, 0.15) is 22.5 Å². The summed E-state index contributed by atoms with van der Waals surface area (Å²) in [6.07, 6.45) is 3.52. The lowest BCUT2D eigenvalue weighted by molar-refractivity contribution is 0.407. The van der Waals surface area contributed by atoms with Gasteiger partial charge < -0.3 is 10.1 Å². The van der Waals surface area contributed by atoms with Gasteiger partial charge in [-0.15, -0.1) is 0 Å². The number of aryl methyl sites for hydroxylation is 1. The van der Waals surface area contributed by atoms with Crippen molar-refractivity contribution in [3.05, 3.63) is 42.0 Å². The highest BCUT2D eigenvalue weighted by Gasteiger charge is 2.09. The smallest absolute Gasteiger partial charge is 0.142 e. The summed E-state index contributed by atoms with van der Waals surface area (Å²) in [6, 6.07) is 5.65. The minimum absolute atomic E-state index is 0.565. The van der Waals surface area contributed by atoms with Crippen LogP contribution in [0.2, 0.25) is 0 Å². The zero-order valence-corrected chi connectivity index (χ0v) is 11.3. The fourth-order valence-electron chi connectivity index (χ4n) is 2.10. The Balaban J connectivity index is 1.87. The van der Waals surface area contributed by atoms with Crippen LogP contribution in [0, 0.1) is 6.92 Å². The molecule has 0 bridgehead atoms. The summed E-state index contributed by atoms with van der Waals surface area (Å²) < 4.78 is 5.29. The fraction of sp³-hybridized carbons (Fsp3) is 0.214. The third-order valence-electron chi connectivity index (χ3n) is 3.13. The zero-order valence-electron chi connectivity index (χ0n) is 11.3. The van der Waals surface area contributed by atoms with Gasteiger partial charge in [0, 0.05) is 12.4 Å². The fourth-order valence-corrected chi connectivity index (χ4v) is 2.10. The molecule has 6 heteroatoms. The highest BCUT2D eigenvalue weighted by Crippen LogP contribution is 2.22. The zero-order chi connectivity index (χ0) is 13.9. The van der Waals surface area contributed by atoms with E-state index in [1.807, 2.05) is 25.1 Å². The Hall–Kier alpha value is -2.63. The molecular weight excluding hydrogens is 254 g/mol. The summed E-state index contributed by atoms with van der Waals surface area (Å²) in [4.78, 5) is 8.63. The van der Waals surface area contributed by atoms with Gasteiger partial charge in [0.25, 0.3) is 0 Å². The molecule has 3 rings (SSSR count). The summed E-state index contributed by atoms with van der Waals surface area (Å²) in [5.41, 5.74) is 4.45. The van der Waals surface area contributed by atoms with Crippen LogP contribution < -0.4 is 10.1 Å². The number of fused-ring (bicyclic) bond motifs is 1. The molecule has 0 atom stereocenters. The average Bonchev–Trinajstić information content (AvgIpc) is 2.88. The molecule has 2 N–H and O–H groups in total. The van der Waals surface area contributed by atoms with Crippen LogP contribution in [0.4, 0.5) is 5.69 Å². The van der Waals surface area contributed by atoms with Crippen molar-refractivity contribution >= 4 is 16.7 Å². The first kappa shape index (κ1) is 12.4. The predicted molar refractivity (Wildman–Crippen MR) is 76.7 cm³/mol. The Morgan fingerprint density at radius 1 is 1.20 bits per heavy atom. The number of nitrogens with one attached hydrogen (secondary N) is 2. The molecule has 3 heterocycles. The molecule has 3 aromatic heterocycles. The second-order valence-corrected chi connectivity index (χ2v) is 4.41. The minimum Gasteiger partial charge on any atom is -0.495 e. The van der Waals surface area contributed by atoms with Crippen LogP contribution >= 0.6 is 0 Å². The maximum atomic E-state index is 5.29. The summed E-state index contributed by atoms with van der Waals surface area (Å²) in [5.74, 6) is 0.767. The average molecular weight is 269 g/mol. The quantitative estimate of drug-likeness (QED) is 0.760. The summed E-state index contributed by atoms with van der Waals surface area (Å²) >= 11 is 0. The van der Waals surface area contributed by atoms with Gasteiger partial charge in [-0.2, -0.15) is 5.10 Å². The number of pyridine rings is 2. The molecule has 0 aliphatic carbocycles. The van der Waals surface area contributed by atoms with Gasteiger partial charge in [-0.1, -0.05) is 0 Å². The molecule has 0 spiro atoms. The number of H-pyrrole nitrogens is 1. The number of anilines is 1. The van der Waals surface area contributed by atoms with Gasteiger partial charge in [-0.3, -0.25) is 15.1 Å². The van der Waals surface area contributed by atoms with Crippen LogP contribution in [0.1, 0.15) is 11.4 Å². The molecule has 6 nitrogen and oxygen atoms in total. The first-order chi connectivity index (χ1) is 9.79. The van der Waals surface area contributed by atoms with Crippen LogP contribution in [0.5, 0.6) is 5.75 Å². The number of ether oxygens (including phenoxy) is 1. The lowest BCUT2D eigenvalue weighted by atomic mass is 10.2. The molecule has 0 saturated heterocycles. The van der Waals surface area contributed by atoms with Gasteiger partial charge in [-0.05, 0) is 25.1 Å². The Bertz CT molecular complexity index is 737. The van der Waals surface area contributed by atoms with Gasteiger partial charge in [0.15, 0.2) is 0 Å². The number of nitrogens with zero attached hydrogens (tertiary/aromatic N) is 3. The molecule has 0 aromatic carbocycles. The number of hydrogen-bond donors (Lipinski definition) is 2. The Labute approximate surface area is 116 Å². The van der Waals surface area contributed by atoms with Crippen molar-refractivity contribution < 1.29 is 4.74 Å². The molecular formula is C14H15N5O. The lowest BCUT2D eigenvalue weighted by Crippen LogP contribution is -2.04. The van der Waals surface area contributed by atoms with Crippen LogP contribution in [0.3, 0.4) is 0 Å². The number of aromatic amines is 1. The SMILES string of the molecule is COc1cccnc1CNc1ccnc2c(C)[nH]nc12. The van der Waals surface area contributed by atoms with E-state index in [4.69, 9.17) is 4.74 Å². The normalized spacial score (nSPS) is 10.7. The van der Waals surface area contributed by atoms with Crippen LogP contribution in [0.25, 0.3) is 11.0 Å². The summed E-state index contributed by atoms with van der Waals surface area (Å²) in [6.45, 7) is 2.52. The van der Waals surface area contributed by atoms with Crippen LogP contribution in [-0.4, -0.2) is 27.3 Å². The molecule has 0 unspecified atom stereocenters. The van der Waals surface area contributed by atoms with Crippen molar-refractivity contribution in [2.24, 2.45) is 0 Å². The lowest BCUT2D eigenvalue weighted by Gasteiger charge is -2.09. The third kappa shape index (κ3) is 2.16. The van der Waals surface area contributed by atoms with Crippen molar-refractivity contribution in [2.45, 2.75) is 13.5 Å². The predicted octanol–water partition coefficient (Wildman–Crippen LogP) is 2.28. The van der Waals surface area contributed by atoms with Crippen molar-refractivity contribution in [1.29, 1.82) is 0 Å². The van der Waals surface area contributed by atoms with Crippen molar-refractivity contribution in [2.75, 3.05) is 12.4 Å². The van der Waals surface area contributed by atoms with Gasteiger partial charge >= 0.3 is 0 Å². The first-order valence-corrected chi connectivity index (χ1v) is 6.31. The largest absolute Gasteiger partial charge is 0.495 e. The molecule has 3 aromatic rings. The Morgan fingerprint density at radius 3 is 2.95 bits per heavy atom. The van der Waals surface area contributed by atoms with E-state index in [-0.39, 0.29) is 0 Å². The topological polar surface area (TPSA) is 75.7 Å². The first-order valence-electron chi connectivity index (χ1n) is 6.31. The monoisotopic (exact) mass is 269 g/mol. The summed E-state index contributed by atoms with van der Waals surface area (Å²) in [5, 5.41) is 10.5. The number of hydrogen-bond acceptors (Lipinski definition) is 5. The molecule has 0 fully saturated rings. The van der Waals surface area contributed by atoms with E-state index in [9.17, 15) is 0 Å². The van der Waals surface area contributed by atoms with Gasteiger partial charge in [0.2, 0.25) is 0 Å². The third-order valence-corrected chi connectivity index (χ3v) is 3.13. The standard InChI is InChI=1S/C14H15N5O/c1-9-13-14(19-18-9)10(5-7-16-13)17-8-11-12(20-2)4-3-6-15-11/h3-7H,8H2,1-2H3,(H,16,17)(H,18,19). The highest BCUT2D eigenvalue weighted by molar-refractivity contribution is 5.88. The van der Waals surface area contributed by atoms with Crippen LogP contribution in [-0.2, 0) is 6.54 Å². The number of rotatable bonds is 4. The highest BCUT2D eigenvalue weighted by atomic mass is 16.5. The molecule has 102 valence electrons. The molecule has 0 saturated carbocycles. The maximum Gasteiger partial charge on any atom is 0.142 e. The minimum atomic E-state index is 0.565. The Kier molecular flexibility index (Phi) is 3.20. The van der Waals surface area contributed by atoms with E-state index < -0.39 is 0 Å². The Morgan fingerprint density at radius 2 is 2.10 bits per heavy atom. The van der Waals surface area contributed by atoms with Gasteiger partial charge in [0.05, 0.1) is 25.0 Å². The van der Waals surface area contributed by atoms with Crippen molar-refractivity contribution in [1.82, 2.24) is 20.2 Å². The number of aromatic nitrogens is 4. The van der Waals surface area contributed by atoms with E-state index in [1.54, 1.807) is 19.5 Å². The molecule has 0 radical (unpaired) electrons. The van der Waals surface area contributed by atoms with E-state index in [2.05, 4.69) is 25.5 Å². The van der Waals surface area contributed by atoms with Crippen molar-refractivity contribution in [3.8, 4) is 5.75 Å². The second-order valence-electron chi connectivity index (χ2n) is 4.41. The molecule has 0 aliphatic heterocycles. The van der Waals surface area contributed by atoms with Crippen LogP contribution in [0.15, 0.2) is 30.6 Å². The molecule has 0 aliphatic rings. The van der Waals surface area contributed by atoms with E-state index in [0.717, 1.165) is 33.9 Å². The van der Waals surface area contributed by atoms with E-state index in [1.165, 1.54) is 0 Å². The molecule has 0 amide bonds. The number of methoxy groups -OCH3 is 1.